The number of H-pyrrole nitrogens is 1. The first-order valence-corrected chi connectivity index (χ1v) is 9.62. The number of benzene rings is 1. The van der Waals surface area contributed by atoms with Crippen LogP contribution in [0.15, 0.2) is 24.3 Å². The van der Waals surface area contributed by atoms with E-state index in [0.717, 1.165) is 43.6 Å². The summed E-state index contributed by atoms with van der Waals surface area (Å²) in [7, 11) is 0. The van der Waals surface area contributed by atoms with Crippen LogP contribution in [0.5, 0.6) is 0 Å². The van der Waals surface area contributed by atoms with Crippen molar-refractivity contribution in [2.24, 2.45) is 0 Å². The summed E-state index contributed by atoms with van der Waals surface area (Å²) in [6.45, 7) is 2.36. The molecule has 1 atom stereocenters. The Balaban J connectivity index is 1.62. The van der Waals surface area contributed by atoms with E-state index in [0.29, 0.717) is 18.5 Å². The normalized spacial score (nSPS) is 18.5. The number of carboxylic acid groups (broad SMARTS) is 1. The summed E-state index contributed by atoms with van der Waals surface area (Å²) in [5.41, 5.74) is 2.09. The fourth-order valence-corrected chi connectivity index (χ4v) is 4.16. The third-order valence-corrected chi connectivity index (χ3v) is 5.62. The summed E-state index contributed by atoms with van der Waals surface area (Å²) < 4.78 is 13.4. The Morgan fingerprint density at radius 2 is 1.82 bits per heavy atom. The summed E-state index contributed by atoms with van der Waals surface area (Å²) in [4.78, 5) is 28.8. The highest BCUT2D eigenvalue weighted by Crippen LogP contribution is 2.30. The number of aromatic carboxylic acids is 1. The number of fused-ring (bicyclic) bond motifs is 1. The quantitative estimate of drug-likeness (QED) is 0.842. The molecule has 1 aromatic heterocycles. The Labute approximate surface area is 162 Å². The lowest BCUT2D eigenvalue weighted by molar-refractivity contribution is -0.138. The number of amides is 1. The van der Waals surface area contributed by atoms with E-state index < -0.39 is 12.0 Å². The number of aromatic amines is 1. The summed E-state index contributed by atoms with van der Waals surface area (Å²) in [6.07, 6.45) is 3.74. The van der Waals surface area contributed by atoms with Crippen molar-refractivity contribution in [3.8, 4) is 0 Å². The van der Waals surface area contributed by atoms with Crippen molar-refractivity contribution in [2.45, 2.75) is 38.3 Å². The maximum atomic E-state index is 13.5. The van der Waals surface area contributed by atoms with E-state index in [1.54, 1.807) is 17.0 Å². The molecule has 8 heteroatoms. The third-order valence-electron chi connectivity index (χ3n) is 5.62. The number of piperidine rings is 1. The largest absolute Gasteiger partial charge is 0.476 e. The van der Waals surface area contributed by atoms with Crippen molar-refractivity contribution in [1.29, 1.82) is 0 Å². The highest BCUT2D eigenvalue weighted by Gasteiger charge is 2.35. The van der Waals surface area contributed by atoms with Gasteiger partial charge in [0.25, 0.3) is 0 Å². The summed E-state index contributed by atoms with van der Waals surface area (Å²) in [5.74, 6) is -1.50. The molecule has 1 amide bonds. The molecule has 0 saturated carbocycles. The van der Waals surface area contributed by atoms with Crippen LogP contribution in [0.3, 0.4) is 0 Å². The van der Waals surface area contributed by atoms with Crippen molar-refractivity contribution in [3.63, 3.8) is 0 Å². The second-order valence-electron chi connectivity index (χ2n) is 7.39. The van der Waals surface area contributed by atoms with Gasteiger partial charge in [-0.15, -0.1) is 0 Å². The van der Waals surface area contributed by atoms with E-state index in [1.165, 1.54) is 12.1 Å². The number of likely N-dealkylation sites (tertiary alicyclic amines) is 1. The number of hydrogen-bond acceptors (Lipinski definition) is 4. The molecule has 1 aromatic carbocycles. The zero-order valence-corrected chi connectivity index (χ0v) is 15.5. The number of halogens is 1. The first kappa shape index (κ1) is 18.6. The van der Waals surface area contributed by atoms with Gasteiger partial charge < -0.3 is 10.0 Å². The standard InChI is InChI=1S/C20H23FN4O3/c21-14-6-4-13(5-7-14)18(24-9-2-1-3-10-24)19(26)25-11-8-16-15(12-25)17(20(27)28)23-22-16/h4-7,18H,1-3,8-12H2,(H,22,23)(H,27,28)/t18-/m1/s1. The van der Waals surface area contributed by atoms with Gasteiger partial charge in [-0.25, -0.2) is 9.18 Å². The molecule has 2 N–H and O–H groups in total. The molecule has 0 bridgehead atoms. The molecule has 0 radical (unpaired) electrons. The van der Waals surface area contributed by atoms with E-state index >= 15 is 0 Å². The van der Waals surface area contributed by atoms with Crippen molar-refractivity contribution in [2.75, 3.05) is 19.6 Å². The first-order valence-electron chi connectivity index (χ1n) is 9.62. The van der Waals surface area contributed by atoms with E-state index in [4.69, 9.17) is 0 Å². The topological polar surface area (TPSA) is 89.5 Å². The van der Waals surface area contributed by atoms with E-state index in [2.05, 4.69) is 15.1 Å². The van der Waals surface area contributed by atoms with Gasteiger partial charge >= 0.3 is 5.97 Å². The Hall–Kier alpha value is -2.74. The Morgan fingerprint density at radius 3 is 2.50 bits per heavy atom. The summed E-state index contributed by atoms with van der Waals surface area (Å²) >= 11 is 0. The molecule has 2 aliphatic heterocycles. The SMILES string of the molecule is O=C(O)c1n[nH]c2c1CN(C(=O)[C@@H](c1ccc(F)cc1)N1CCCCC1)CC2. The molecule has 0 unspecified atom stereocenters. The number of aromatic nitrogens is 2. The number of carboxylic acids is 1. The van der Waals surface area contributed by atoms with E-state index in [1.807, 2.05) is 0 Å². The van der Waals surface area contributed by atoms with Crippen LogP contribution in [0.4, 0.5) is 4.39 Å². The van der Waals surface area contributed by atoms with Crippen molar-refractivity contribution in [3.05, 3.63) is 52.6 Å². The molecule has 0 spiro atoms. The molecule has 2 aliphatic rings. The van der Waals surface area contributed by atoms with Gasteiger partial charge in [-0.2, -0.15) is 5.10 Å². The van der Waals surface area contributed by atoms with Crippen LogP contribution in [0.1, 0.15) is 52.6 Å². The number of nitrogens with zero attached hydrogens (tertiary/aromatic N) is 3. The van der Waals surface area contributed by atoms with Crippen molar-refractivity contribution < 1.29 is 19.1 Å². The number of carbonyl (C=O) groups excluding carboxylic acids is 1. The lowest BCUT2D eigenvalue weighted by atomic mass is 9.98. The lowest BCUT2D eigenvalue weighted by Crippen LogP contribution is -2.46. The first-order chi connectivity index (χ1) is 13.5. The number of carbonyl (C=O) groups is 2. The van der Waals surface area contributed by atoms with Crippen LogP contribution >= 0.6 is 0 Å². The van der Waals surface area contributed by atoms with Gasteiger partial charge in [0.1, 0.15) is 11.9 Å². The number of rotatable bonds is 4. The zero-order chi connectivity index (χ0) is 19.7. The van der Waals surface area contributed by atoms with Gasteiger partial charge in [-0.1, -0.05) is 18.6 Å². The van der Waals surface area contributed by atoms with Gasteiger partial charge in [0.05, 0.1) is 0 Å². The van der Waals surface area contributed by atoms with Gasteiger partial charge in [-0.3, -0.25) is 14.8 Å². The van der Waals surface area contributed by atoms with Gasteiger partial charge in [0.15, 0.2) is 5.69 Å². The Kier molecular flexibility index (Phi) is 5.13. The van der Waals surface area contributed by atoms with E-state index in [9.17, 15) is 19.1 Å². The Bertz CT molecular complexity index is 874. The second kappa shape index (κ2) is 7.71. The minimum atomic E-state index is -1.10. The minimum absolute atomic E-state index is 0.0243. The highest BCUT2D eigenvalue weighted by molar-refractivity contribution is 5.88. The number of hydrogen-bond donors (Lipinski definition) is 2. The molecule has 2 aromatic rings. The monoisotopic (exact) mass is 386 g/mol. The van der Waals surface area contributed by atoms with Crippen LogP contribution in [-0.2, 0) is 17.8 Å². The molecular formula is C20H23FN4O3. The molecule has 3 heterocycles. The minimum Gasteiger partial charge on any atom is -0.476 e. The molecule has 0 aliphatic carbocycles. The lowest BCUT2D eigenvalue weighted by Gasteiger charge is -2.38. The fourth-order valence-electron chi connectivity index (χ4n) is 4.16. The van der Waals surface area contributed by atoms with E-state index in [-0.39, 0.29) is 24.0 Å². The van der Waals surface area contributed by atoms with Gasteiger partial charge in [0.2, 0.25) is 5.91 Å². The highest BCUT2D eigenvalue weighted by atomic mass is 19.1. The van der Waals surface area contributed by atoms with Gasteiger partial charge in [-0.05, 0) is 43.6 Å². The third kappa shape index (κ3) is 3.52. The molecule has 1 fully saturated rings. The Morgan fingerprint density at radius 1 is 1.11 bits per heavy atom. The van der Waals surface area contributed by atoms with Gasteiger partial charge in [0, 0.05) is 30.8 Å². The predicted molar refractivity (Wildman–Crippen MR) is 99.2 cm³/mol. The average Bonchev–Trinajstić information content (AvgIpc) is 3.14. The zero-order valence-electron chi connectivity index (χ0n) is 15.5. The van der Waals surface area contributed by atoms with Crippen LogP contribution < -0.4 is 0 Å². The van der Waals surface area contributed by atoms with Crippen LogP contribution in [0, 0.1) is 5.82 Å². The second-order valence-corrected chi connectivity index (χ2v) is 7.39. The predicted octanol–water partition coefficient (Wildman–Crippen LogP) is 2.36. The molecule has 1 saturated heterocycles. The van der Waals surface area contributed by atoms with Crippen LogP contribution in [0.2, 0.25) is 0 Å². The van der Waals surface area contributed by atoms with Crippen molar-refractivity contribution >= 4 is 11.9 Å². The molecule has 28 heavy (non-hydrogen) atoms. The average molecular weight is 386 g/mol. The maximum Gasteiger partial charge on any atom is 0.356 e. The molecule has 4 rings (SSSR count). The molecular weight excluding hydrogens is 363 g/mol. The fraction of sp³-hybridized carbons (Fsp3) is 0.450. The van der Waals surface area contributed by atoms with Crippen LogP contribution in [0.25, 0.3) is 0 Å². The molecule has 148 valence electrons. The summed E-state index contributed by atoms with van der Waals surface area (Å²) in [5, 5.41) is 16.0. The maximum absolute atomic E-state index is 13.5. The van der Waals surface area contributed by atoms with Crippen molar-refractivity contribution in [1.82, 2.24) is 20.0 Å². The smallest absolute Gasteiger partial charge is 0.356 e. The number of nitrogens with one attached hydrogen (secondary N) is 1. The molecule has 7 nitrogen and oxygen atoms in total. The van der Waals surface area contributed by atoms with Crippen LogP contribution in [-0.4, -0.2) is 56.6 Å². The summed E-state index contributed by atoms with van der Waals surface area (Å²) in [6, 6.07) is 5.62.